The van der Waals surface area contributed by atoms with E-state index >= 15 is 0 Å². The Morgan fingerprint density at radius 2 is 2.00 bits per heavy atom. The van der Waals surface area contributed by atoms with Gasteiger partial charge >= 0.3 is 0 Å². The van der Waals surface area contributed by atoms with E-state index in [4.69, 9.17) is 0 Å². The Morgan fingerprint density at radius 3 is 2.61 bits per heavy atom. The molecule has 0 saturated carbocycles. The number of hydrogen-bond acceptors (Lipinski definition) is 4. The fourth-order valence-corrected chi connectivity index (χ4v) is 1.42. The van der Waals surface area contributed by atoms with E-state index in [9.17, 15) is 9.59 Å². The molecule has 2 heterocycles. The minimum Gasteiger partial charge on any atom is -0.295 e. The van der Waals surface area contributed by atoms with Crippen LogP contribution in [0.3, 0.4) is 0 Å². The molecule has 7 nitrogen and oxygen atoms in total. The standard InChI is InChI=1S/C11H15N5O2/c1-5(2)8(17)13-10-14-11-12-7(4)6(3)9(18)16(11)15-10/h5H,1-4H3,(H2,12,13,14,15,17). The normalized spacial score (nSPS) is 11.2. The third kappa shape index (κ3) is 1.99. The van der Waals surface area contributed by atoms with Gasteiger partial charge in [-0.1, -0.05) is 13.8 Å². The molecule has 2 aromatic rings. The summed E-state index contributed by atoms with van der Waals surface area (Å²) in [5, 5.41) is 5.31. The summed E-state index contributed by atoms with van der Waals surface area (Å²) in [5.74, 6) is 0.146. The first-order valence-electron chi connectivity index (χ1n) is 5.67. The lowest BCUT2D eigenvalue weighted by atomic mass is 10.2. The monoisotopic (exact) mass is 249 g/mol. The Kier molecular flexibility index (Phi) is 2.90. The number of rotatable bonds is 2. The van der Waals surface area contributed by atoms with Crippen LogP contribution >= 0.6 is 0 Å². The number of amides is 1. The highest BCUT2D eigenvalue weighted by Crippen LogP contribution is 2.05. The molecular formula is C11H15N5O2. The van der Waals surface area contributed by atoms with Gasteiger partial charge in [-0.25, -0.2) is 4.98 Å². The third-order valence-electron chi connectivity index (χ3n) is 2.73. The van der Waals surface area contributed by atoms with Crippen molar-refractivity contribution in [2.45, 2.75) is 27.7 Å². The summed E-state index contributed by atoms with van der Waals surface area (Å²) < 4.78 is 1.22. The van der Waals surface area contributed by atoms with Crippen LogP contribution in [0.1, 0.15) is 25.1 Å². The van der Waals surface area contributed by atoms with Gasteiger partial charge in [0.2, 0.25) is 11.9 Å². The van der Waals surface area contributed by atoms with Gasteiger partial charge in [-0.05, 0) is 13.8 Å². The zero-order valence-corrected chi connectivity index (χ0v) is 10.7. The lowest BCUT2D eigenvalue weighted by Gasteiger charge is -2.02. The Labute approximate surface area is 103 Å². The minimum atomic E-state index is -0.213. The van der Waals surface area contributed by atoms with E-state index < -0.39 is 0 Å². The highest BCUT2D eigenvalue weighted by molar-refractivity contribution is 5.90. The summed E-state index contributed by atoms with van der Waals surface area (Å²) in [6, 6.07) is 0. The van der Waals surface area contributed by atoms with Crippen molar-refractivity contribution in [3.63, 3.8) is 0 Å². The number of hydrogen-bond donors (Lipinski definition) is 2. The van der Waals surface area contributed by atoms with Crippen molar-refractivity contribution in [3.8, 4) is 0 Å². The van der Waals surface area contributed by atoms with Gasteiger partial charge in [0, 0.05) is 17.2 Å². The number of aromatic nitrogens is 4. The predicted molar refractivity (Wildman–Crippen MR) is 66.5 cm³/mol. The van der Waals surface area contributed by atoms with Crippen LogP contribution in [0.2, 0.25) is 0 Å². The first-order valence-corrected chi connectivity index (χ1v) is 5.67. The molecule has 7 heteroatoms. The molecule has 0 spiro atoms. The minimum absolute atomic E-state index is 0.161. The van der Waals surface area contributed by atoms with E-state index in [1.54, 1.807) is 27.7 Å². The number of aromatic amines is 1. The van der Waals surface area contributed by atoms with E-state index in [0.717, 1.165) is 0 Å². The summed E-state index contributed by atoms with van der Waals surface area (Å²) in [4.78, 5) is 31.7. The van der Waals surface area contributed by atoms with Gasteiger partial charge in [-0.15, -0.1) is 0 Å². The second kappa shape index (κ2) is 4.25. The van der Waals surface area contributed by atoms with Crippen molar-refractivity contribution in [1.82, 2.24) is 19.6 Å². The summed E-state index contributed by atoms with van der Waals surface area (Å²) in [7, 11) is 0. The zero-order valence-electron chi connectivity index (χ0n) is 10.7. The fraction of sp³-hybridized carbons (Fsp3) is 0.455. The molecule has 0 aliphatic rings. The van der Waals surface area contributed by atoms with Crippen LogP contribution in [-0.4, -0.2) is 25.5 Å². The summed E-state index contributed by atoms with van der Waals surface area (Å²) in [6.07, 6.45) is 0. The SMILES string of the molecule is Cc1nc2nc(NC(=O)C(C)C)[nH]n2c(=O)c1C. The van der Waals surface area contributed by atoms with E-state index in [-0.39, 0.29) is 29.1 Å². The van der Waals surface area contributed by atoms with Gasteiger partial charge < -0.3 is 0 Å². The van der Waals surface area contributed by atoms with E-state index in [0.29, 0.717) is 11.3 Å². The maximum atomic E-state index is 11.9. The second-order valence-corrected chi connectivity index (χ2v) is 4.48. The summed E-state index contributed by atoms with van der Waals surface area (Å²) in [5.41, 5.74) is 0.973. The molecule has 0 unspecified atom stereocenters. The molecule has 0 saturated heterocycles. The fourth-order valence-electron chi connectivity index (χ4n) is 1.42. The lowest BCUT2D eigenvalue weighted by molar-refractivity contribution is -0.118. The topological polar surface area (TPSA) is 92.2 Å². The largest absolute Gasteiger partial charge is 0.295 e. The van der Waals surface area contributed by atoms with Crippen LogP contribution in [0.4, 0.5) is 5.95 Å². The molecule has 2 N–H and O–H groups in total. The van der Waals surface area contributed by atoms with E-state index in [1.807, 2.05) is 0 Å². The molecule has 0 aliphatic heterocycles. The molecule has 96 valence electrons. The Balaban J connectivity index is 2.48. The predicted octanol–water partition coefficient (Wildman–Crippen LogP) is 0.629. The third-order valence-corrected chi connectivity index (χ3v) is 2.73. The number of nitrogens with zero attached hydrogens (tertiary/aromatic N) is 3. The number of fused-ring (bicyclic) bond motifs is 1. The van der Waals surface area contributed by atoms with Gasteiger partial charge in [0.25, 0.3) is 11.3 Å². The first-order chi connectivity index (χ1) is 8.40. The van der Waals surface area contributed by atoms with Crippen molar-refractivity contribution in [3.05, 3.63) is 21.6 Å². The highest BCUT2D eigenvalue weighted by atomic mass is 16.2. The van der Waals surface area contributed by atoms with Crippen molar-refractivity contribution >= 4 is 17.6 Å². The molecule has 2 rings (SSSR count). The van der Waals surface area contributed by atoms with Crippen molar-refractivity contribution in [2.24, 2.45) is 5.92 Å². The van der Waals surface area contributed by atoms with Crippen LogP contribution in [0.25, 0.3) is 5.78 Å². The molecule has 0 aliphatic carbocycles. The summed E-state index contributed by atoms with van der Waals surface area (Å²) in [6.45, 7) is 7.00. The van der Waals surface area contributed by atoms with Crippen molar-refractivity contribution < 1.29 is 4.79 Å². The second-order valence-electron chi connectivity index (χ2n) is 4.48. The molecule has 2 aromatic heterocycles. The molecule has 18 heavy (non-hydrogen) atoms. The number of aryl methyl sites for hydroxylation is 1. The van der Waals surface area contributed by atoms with Crippen molar-refractivity contribution in [2.75, 3.05) is 5.32 Å². The molecular weight excluding hydrogens is 234 g/mol. The lowest BCUT2D eigenvalue weighted by Crippen LogP contribution is -2.20. The van der Waals surface area contributed by atoms with Gasteiger partial charge in [0.05, 0.1) is 0 Å². The maximum absolute atomic E-state index is 11.9. The quantitative estimate of drug-likeness (QED) is 0.816. The van der Waals surface area contributed by atoms with E-state index in [1.165, 1.54) is 4.52 Å². The van der Waals surface area contributed by atoms with Gasteiger partial charge in [-0.2, -0.15) is 9.50 Å². The zero-order chi connectivity index (χ0) is 13.4. The summed E-state index contributed by atoms with van der Waals surface area (Å²) >= 11 is 0. The Morgan fingerprint density at radius 1 is 1.33 bits per heavy atom. The van der Waals surface area contributed by atoms with Crippen LogP contribution in [-0.2, 0) is 4.79 Å². The Bertz CT molecular complexity index is 668. The van der Waals surface area contributed by atoms with E-state index in [2.05, 4.69) is 20.4 Å². The highest BCUT2D eigenvalue weighted by Gasteiger charge is 2.13. The van der Waals surface area contributed by atoms with Gasteiger partial charge in [-0.3, -0.25) is 20.0 Å². The van der Waals surface area contributed by atoms with Crippen LogP contribution in [0, 0.1) is 19.8 Å². The molecule has 0 atom stereocenters. The Hall–Kier alpha value is -2.18. The molecule has 1 amide bonds. The number of anilines is 1. The average Bonchev–Trinajstić information content (AvgIpc) is 2.68. The number of nitrogens with one attached hydrogen (secondary N) is 2. The van der Waals surface area contributed by atoms with Crippen LogP contribution < -0.4 is 10.9 Å². The number of H-pyrrole nitrogens is 1. The van der Waals surface area contributed by atoms with Crippen LogP contribution in [0.15, 0.2) is 4.79 Å². The smallest absolute Gasteiger partial charge is 0.277 e. The number of carbonyl (C=O) groups is 1. The molecule has 0 fully saturated rings. The molecule has 0 bridgehead atoms. The van der Waals surface area contributed by atoms with Gasteiger partial charge in [0.15, 0.2) is 0 Å². The maximum Gasteiger partial charge on any atom is 0.277 e. The molecule has 0 aromatic carbocycles. The number of carbonyl (C=O) groups excluding carboxylic acids is 1. The first kappa shape index (κ1) is 12.3. The van der Waals surface area contributed by atoms with Gasteiger partial charge in [0.1, 0.15) is 0 Å². The van der Waals surface area contributed by atoms with Crippen LogP contribution in [0.5, 0.6) is 0 Å². The van der Waals surface area contributed by atoms with Crippen molar-refractivity contribution in [1.29, 1.82) is 0 Å². The average molecular weight is 249 g/mol. The molecule has 0 radical (unpaired) electrons.